The smallest absolute Gasteiger partial charge is 0.406 e. The summed E-state index contributed by atoms with van der Waals surface area (Å²) in [6.07, 6.45) is -3.54. The van der Waals surface area contributed by atoms with Gasteiger partial charge in [0.25, 0.3) is 0 Å². The zero-order chi connectivity index (χ0) is 16.9. The van der Waals surface area contributed by atoms with Gasteiger partial charge >= 0.3 is 6.36 Å². The van der Waals surface area contributed by atoms with E-state index in [2.05, 4.69) is 27.0 Å². The topological polar surface area (TPSA) is 62.9 Å². The molecule has 23 heavy (non-hydrogen) atoms. The number of nitrogens with zero attached hydrogens (tertiary/aromatic N) is 2. The third-order valence-electron chi connectivity index (χ3n) is 3.65. The van der Waals surface area contributed by atoms with Crippen LogP contribution in [0.5, 0.6) is 5.75 Å². The number of hydrogen-bond donors (Lipinski definition) is 2. The molecular weight excluding hydrogens is 309 g/mol. The molecule has 1 unspecified atom stereocenters. The first kappa shape index (κ1) is 17.4. The van der Waals surface area contributed by atoms with Crippen LogP contribution in [0.1, 0.15) is 12.0 Å². The van der Waals surface area contributed by atoms with Gasteiger partial charge in [0.1, 0.15) is 5.75 Å². The van der Waals surface area contributed by atoms with E-state index >= 15 is 0 Å². The summed E-state index contributed by atoms with van der Waals surface area (Å²) in [5.41, 5.74) is 6.55. The van der Waals surface area contributed by atoms with Gasteiger partial charge in [0, 0.05) is 13.1 Å². The second-order valence-corrected chi connectivity index (χ2v) is 5.69. The fraction of sp³-hybridized carbons (Fsp3) is 0.533. The van der Waals surface area contributed by atoms with E-state index < -0.39 is 6.36 Å². The molecule has 1 heterocycles. The first-order chi connectivity index (χ1) is 10.8. The van der Waals surface area contributed by atoms with Gasteiger partial charge in [0.2, 0.25) is 0 Å². The molecule has 0 saturated carbocycles. The minimum Gasteiger partial charge on any atom is -0.406 e. The number of aliphatic imine (C=N–C) groups is 1. The maximum absolute atomic E-state index is 12.1. The van der Waals surface area contributed by atoms with E-state index in [0.717, 1.165) is 31.6 Å². The minimum absolute atomic E-state index is 0.248. The van der Waals surface area contributed by atoms with Gasteiger partial charge in [-0.25, -0.2) is 4.99 Å². The average Bonchev–Trinajstić information content (AvgIpc) is 2.88. The first-order valence-corrected chi connectivity index (χ1v) is 7.39. The number of hydrogen-bond acceptors (Lipinski definition) is 3. The van der Waals surface area contributed by atoms with Crippen molar-refractivity contribution in [2.45, 2.75) is 19.3 Å². The van der Waals surface area contributed by atoms with Gasteiger partial charge in [-0.05, 0) is 43.6 Å². The zero-order valence-corrected chi connectivity index (χ0v) is 12.9. The molecule has 0 radical (unpaired) electrons. The van der Waals surface area contributed by atoms with E-state index in [1.807, 2.05) is 0 Å². The van der Waals surface area contributed by atoms with Crippen molar-refractivity contribution in [3.05, 3.63) is 29.8 Å². The lowest BCUT2D eigenvalue weighted by atomic mass is 10.1. The van der Waals surface area contributed by atoms with Crippen molar-refractivity contribution in [1.29, 1.82) is 0 Å². The molecule has 1 atom stereocenters. The maximum Gasteiger partial charge on any atom is 0.573 e. The van der Waals surface area contributed by atoms with Crippen LogP contribution in [0, 0.1) is 5.92 Å². The van der Waals surface area contributed by atoms with Crippen LogP contribution in [-0.4, -0.2) is 43.9 Å². The molecule has 1 aromatic rings. The number of rotatable bonds is 5. The van der Waals surface area contributed by atoms with Crippen molar-refractivity contribution in [3.63, 3.8) is 0 Å². The molecule has 5 nitrogen and oxygen atoms in total. The van der Waals surface area contributed by atoms with Gasteiger partial charge < -0.3 is 20.7 Å². The van der Waals surface area contributed by atoms with Crippen LogP contribution in [0.3, 0.4) is 0 Å². The van der Waals surface area contributed by atoms with Gasteiger partial charge in [-0.15, -0.1) is 13.2 Å². The fourth-order valence-corrected chi connectivity index (χ4v) is 2.47. The van der Waals surface area contributed by atoms with E-state index in [1.54, 1.807) is 0 Å². The summed E-state index contributed by atoms with van der Waals surface area (Å²) in [5, 5.41) is 3.09. The number of halogens is 3. The molecule has 0 amide bonds. The number of ether oxygens (including phenoxy) is 1. The van der Waals surface area contributed by atoms with Gasteiger partial charge in [-0.3, -0.25) is 0 Å². The number of alkyl halides is 3. The lowest BCUT2D eigenvalue weighted by Gasteiger charge is -2.12. The Morgan fingerprint density at radius 1 is 1.39 bits per heavy atom. The predicted molar refractivity (Wildman–Crippen MR) is 82.1 cm³/mol. The van der Waals surface area contributed by atoms with Crippen LogP contribution in [0.2, 0.25) is 0 Å². The minimum atomic E-state index is -4.68. The Bertz CT molecular complexity index is 531. The molecule has 8 heteroatoms. The highest BCUT2D eigenvalue weighted by Crippen LogP contribution is 2.22. The van der Waals surface area contributed by atoms with Crippen molar-refractivity contribution < 1.29 is 17.9 Å². The molecule has 0 aliphatic carbocycles. The van der Waals surface area contributed by atoms with E-state index in [1.165, 1.54) is 24.3 Å². The normalized spacial score (nSPS) is 19.8. The Balaban J connectivity index is 1.77. The predicted octanol–water partition coefficient (Wildman–Crippen LogP) is 1.94. The van der Waals surface area contributed by atoms with Crippen LogP contribution in [-0.2, 0) is 6.54 Å². The number of nitrogens with two attached hydrogens (primary N) is 1. The molecule has 1 aliphatic heterocycles. The molecule has 1 saturated heterocycles. The highest BCUT2D eigenvalue weighted by molar-refractivity contribution is 5.77. The zero-order valence-electron chi connectivity index (χ0n) is 12.9. The standard InChI is InChI=1S/C15H21F3N4O/c1-22-7-6-12(10-22)9-21-14(19)20-8-11-2-4-13(5-3-11)23-15(16,17)18/h2-5,12H,6-10H2,1H3,(H3,19,20,21). The highest BCUT2D eigenvalue weighted by atomic mass is 19.4. The largest absolute Gasteiger partial charge is 0.573 e. The molecule has 0 aromatic heterocycles. The van der Waals surface area contributed by atoms with Crippen LogP contribution in [0.25, 0.3) is 0 Å². The Morgan fingerprint density at radius 2 is 2.09 bits per heavy atom. The Kier molecular flexibility index (Phi) is 5.70. The molecule has 2 rings (SSSR count). The SMILES string of the molecule is CN1CCC(CNC(N)=NCc2ccc(OC(F)(F)F)cc2)C1. The quantitative estimate of drug-likeness (QED) is 0.640. The van der Waals surface area contributed by atoms with Crippen molar-refractivity contribution >= 4 is 5.96 Å². The van der Waals surface area contributed by atoms with E-state index in [9.17, 15) is 13.2 Å². The Hall–Kier alpha value is -1.96. The summed E-state index contributed by atoms with van der Waals surface area (Å²) in [5.74, 6) is 0.657. The van der Waals surface area contributed by atoms with E-state index in [4.69, 9.17) is 5.73 Å². The third kappa shape index (κ3) is 6.35. The van der Waals surface area contributed by atoms with Crippen molar-refractivity contribution in [1.82, 2.24) is 10.2 Å². The molecule has 0 spiro atoms. The van der Waals surface area contributed by atoms with Crippen molar-refractivity contribution in [2.75, 3.05) is 26.7 Å². The molecular formula is C15H21F3N4O. The van der Waals surface area contributed by atoms with Gasteiger partial charge in [0.15, 0.2) is 5.96 Å². The summed E-state index contributed by atoms with van der Waals surface area (Å²) < 4.78 is 40.0. The second kappa shape index (κ2) is 7.54. The summed E-state index contributed by atoms with van der Waals surface area (Å²) in [4.78, 5) is 6.45. The molecule has 1 aliphatic rings. The maximum atomic E-state index is 12.1. The van der Waals surface area contributed by atoms with Gasteiger partial charge in [0.05, 0.1) is 6.54 Å². The summed E-state index contributed by atoms with van der Waals surface area (Å²) >= 11 is 0. The summed E-state index contributed by atoms with van der Waals surface area (Å²) in [6, 6.07) is 5.58. The van der Waals surface area contributed by atoms with Crippen LogP contribution < -0.4 is 15.8 Å². The van der Waals surface area contributed by atoms with Crippen molar-refractivity contribution in [3.8, 4) is 5.75 Å². The lowest BCUT2D eigenvalue weighted by Crippen LogP contribution is -2.36. The van der Waals surface area contributed by atoms with E-state index in [0.29, 0.717) is 18.4 Å². The fourth-order valence-electron chi connectivity index (χ4n) is 2.47. The molecule has 0 bridgehead atoms. The first-order valence-electron chi connectivity index (χ1n) is 7.39. The van der Waals surface area contributed by atoms with Crippen molar-refractivity contribution in [2.24, 2.45) is 16.6 Å². The van der Waals surface area contributed by atoms with E-state index in [-0.39, 0.29) is 5.75 Å². The highest BCUT2D eigenvalue weighted by Gasteiger charge is 2.30. The average molecular weight is 330 g/mol. The summed E-state index contributed by atoms with van der Waals surface area (Å²) in [7, 11) is 2.09. The summed E-state index contributed by atoms with van der Waals surface area (Å²) in [6.45, 7) is 3.21. The second-order valence-electron chi connectivity index (χ2n) is 5.69. The number of guanidine groups is 1. The molecule has 1 aromatic carbocycles. The lowest BCUT2D eigenvalue weighted by molar-refractivity contribution is -0.274. The third-order valence-corrected chi connectivity index (χ3v) is 3.65. The molecule has 1 fully saturated rings. The molecule has 128 valence electrons. The number of nitrogens with one attached hydrogen (secondary N) is 1. The molecule has 3 N–H and O–H groups in total. The monoisotopic (exact) mass is 330 g/mol. The van der Waals surface area contributed by atoms with Gasteiger partial charge in [-0.1, -0.05) is 12.1 Å². The van der Waals surface area contributed by atoms with Crippen LogP contribution in [0.4, 0.5) is 13.2 Å². The number of likely N-dealkylation sites (tertiary alicyclic amines) is 1. The van der Waals surface area contributed by atoms with Gasteiger partial charge in [-0.2, -0.15) is 0 Å². The van der Waals surface area contributed by atoms with Crippen LogP contribution in [0.15, 0.2) is 29.3 Å². The van der Waals surface area contributed by atoms with Crippen LogP contribution >= 0.6 is 0 Å². The Labute approximate surface area is 133 Å². The number of benzene rings is 1. The Morgan fingerprint density at radius 3 is 2.65 bits per heavy atom.